The second-order valence-corrected chi connectivity index (χ2v) is 3.99. The number of hydrogen-bond acceptors (Lipinski definition) is 1. The Kier molecular flexibility index (Phi) is 2.69. The van der Waals surface area contributed by atoms with Gasteiger partial charge in [0.15, 0.2) is 0 Å². The second kappa shape index (κ2) is 3.22. The molecule has 0 aromatic heterocycles. The molecule has 11 heavy (non-hydrogen) atoms. The number of nitrogens with one attached hydrogen (secondary N) is 1. The van der Waals surface area contributed by atoms with Gasteiger partial charge in [0.25, 0.3) is 0 Å². The molecule has 1 unspecified atom stereocenters. The van der Waals surface area contributed by atoms with Crippen LogP contribution in [0.4, 0.5) is 0 Å². The fourth-order valence-electron chi connectivity index (χ4n) is 1.72. The molecule has 4 radical (unpaired) electrons. The van der Waals surface area contributed by atoms with Gasteiger partial charge in [-0.2, -0.15) is 0 Å². The molecule has 3 heteroatoms. The van der Waals surface area contributed by atoms with Gasteiger partial charge in [-0.25, -0.2) is 0 Å². The monoisotopic (exact) mass is 147 g/mol. The van der Waals surface area contributed by atoms with Crippen molar-refractivity contribution in [1.29, 1.82) is 0 Å². The minimum atomic E-state index is -0.410. The normalized spacial score (nSPS) is 29.5. The van der Waals surface area contributed by atoms with Crippen molar-refractivity contribution >= 4 is 15.7 Å². The number of hydrogen-bond donors (Lipinski definition) is 1. The van der Waals surface area contributed by atoms with Gasteiger partial charge in [0, 0.05) is 12.1 Å². The summed E-state index contributed by atoms with van der Waals surface area (Å²) < 4.78 is 0. The third-order valence-corrected chi connectivity index (χ3v) is 2.15. The Labute approximate surface area is 72.1 Å². The van der Waals surface area contributed by atoms with Crippen LogP contribution in [0.15, 0.2) is 0 Å². The largest absolute Gasteiger partial charge is 0.312 e. The molecule has 0 saturated heterocycles. The summed E-state index contributed by atoms with van der Waals surface area (Å²) in [6.07, 6.45) is 2.97. The average molecular weight is 147 g/mol. The van der Waals surface area contributed by atoms with Gasteiger partial charge in [0.2, 0.25) is 0 Å². The van der Waals surface area contributed by atoms with Crippen LogP contribution < -0.4 is 5.32 Å². The maximum Gasteiger partial charge on any atom is 0.0621 e. The third kappa shape index (κ3) is 2.90. The van der Waals surface area contributed by atoms with Crippen molar-refractivity contribution in [1.82, 2.24) is 5.32 Å². The first-order valence-electron chi connectivity index (χ1n) is 4.33. The van der Waals surface area contributed by atoms with Crippen LogP contribution in [0.5, 0.6) is 0 Å². The summed E-state index contributed by atoms with van der Waals surface area (Å²) >= 11 is 0. The molecule has 0 aromatic rings. The Balaban J connectivity index is 2.31. The van der Waals surface area contributed by atoms with E-state index >= 15 is 0 Å². The van der Waals surface area contributed by atoms with E-state index in [4.69, 9.17) is 15.7 Å². The van der Waals surface area contributed by atoms with Gasteiger partial charge in [-0.15, -0.1) is 0 Å². The van der Waals surface area contributed by atoms with Crippen LogP contribution in [0.2, 0.25) is 5.21 Å². The second-order valence-electron chi connectivity index (χ2n) is 3.99. The Morgan fingerprint density at radius 1 is 1.45 bits per heavy atom. The maximum absolute atomic E-state index is 5.78. The van der Waals surface area contributed by atoms with E-state index in [2.05, 4.69) is 19.2 Å². The summed E-state index contributed by atoms with van der Waals surface area (Å²) in [4.78, 5) is 0. The van der Waals surface area contributed by atoms with E-state index in [0.29, 0.717) is 12.1 Å². The van der Waals surface area contributed by atoms with Crippen molar-refractivity contribution < 1.29 is 0 Å². The first-order chi connectivity index (χ1) is 4.99. The zero-order valence-corrected chi connectivity index (χ0v) is 7.43. The number of rotatable bonds is 2. The van der Waals surface area contributed by atoms with Crippen molar-refractivity contribution in [2.24, 2.45) is 0 Å². The lowest BCUT2D eigenvalue weighted by Crippen LogP contribution is -2.33. The van der Waals surface area contributed by atoms with Crippen LogP contribution in [-0.4, -0.2) is 27.8 Å². The van der Waals surface area contributed by atoms with Gasteiger partial charge in [0.05, 0.1) is 15.7 Å². The molecular weight excluding hydrogens is 132 g/mol. The summed E-state index contributed by atoms with van der Waals surface area (Å²) in [6.45, 7) is 4.29. The first-order valence-corrected chi connectivity index (χ1v) is 4.33. The lowest BCUT2D eigenvalue weighted by atomic mass is 9.53. The van der Waals surface area contributed by atoms with Crippen molar-refractivity contribution in [3.8, 4) is 0 Å². The van der Waals surface area contributed by atoms with Crippen LogP contribution >= 0.6 is 0 Å². The molecular formula is C8H15B2N. The fourth-order valence-corrected chi connectivity index (χ4v) is 1.72. The van der Waals surface area contributed by atoms with E-state index < -0.39 is 5.21 Å². The van der Waals surface area contributed by atoms with E-state index in [0.717, 1.165) is 19.3 Å². The smallest absolute Gasteiger partial charge is 0.0621 e. The molecule has 1 nitrogen and oxygen atoms in total. The lowest BCUT2D eigenvalue weighted by Gasteiger charge is -2.20. The van der Waals surface area contributed by atoms with E-state index in [-0.39, 0.29) is 0 Å². The molecule has 0 heterocycles. The maximum atomic E-state index is 5.78. The third-order valence-electron chi connectivity index (χ3n) is 2.15. The molecule has 1 aliphatic rings. The predicted molar refractivity (Wildman–Crippen MR) is 50.1 cm³/mol. The van der Waals surface area contributed by atoms with Crippen LogP contribution in [-0.2, 0) is 0 Å². The zero-order chi connectivity index (χ0) is 8.48. The minimum Gasteiger partial charge on any atom is -0.312 e. The van der Waals surface area contributed by atoms with Crippen molar-refractivity contribution in [3.05, 3.63) is 0 Å². The fraction of sp³-hybridized carbons (Fsp3) is 1.00. The first kappa shape index (κ1) is 9.18. The van der Waals surface area contributed by atoms with E-state index in [1.54, 1.807) is 0 Å². The minimum absolute atomic E-state index is 0.410. The van der Waals surface area contributed by atoms with E-state index in [1.807, 2.05) is 0 Å². The highest BCUT2D eigenvalue weighted by atomic mass is 14.9. The Morgan fingerprint density at radius 3 is 2.45 bits per heavy atom. The highest BCUT2D eigenvalue weighted by molar-refractivity contribution is 6.39. The summed E-state index contributed by atoms with van der Waals surface area (Å²) in [6, 6.07) is 1.07. The molecule has 1 saturated carbocycles. The molecule has 0 amide bonds. The van der Waals surface area contributed by atoms with Gasteiger partial charge in [-0.1, -0.05) is 25.5 Å². The van der Waals surface area contributed by atoms with Crippen molar-refractivity contribution in [3.63, 3.8) is 0 Å². The predicted octanol–water partition coefficient (Wildman–Crippen LogP) is 0.990. The Morgan fingerprint density at radius 2 is 2.09 bits per heavy atom. The molecule has 0 aromatic carbocycles. The molecule has 1 rings (SSSR count). The van der Waals surface area contributed by atoms with Gasteiger partial charge in [-0.05, 0) is 12.8 Å². The molecule has 0 aliphatic heterocycles. The Hall–Kier alpha value is 0.0899. The molecule has 1 fully saturated rings. The van der Waals surface area contributed by atoms with Crippen LogP contribution in [0, 0.1) is 0 Å². The summed E-state index contributed by atoms with van der Waals surface area (Å²) in [5, 5.41) is 3.03. The van der Waals surface area contributed by atoms with E-state index in [1.165, 1.54) is 0 Å². The van der Waals surface area contributed by atoms with E-state index in [9.17, 15) is 0 Å². The van der Waals surface area contributed by atoms with Crippen LogP contribution in [0.1, 0.15) is 33.1 Å². The summed E-state index contributed by atoms with van der Waals surface area (Å²) in [5.41, 5.74) is 0. The van der Waals surface area contributed by atoms with Crippen molar-refractivity contribution in [2.75, 3.05) is 0 Å². The van der Waals surface area contributed by atoms with Crippen LogP contribution in [0.3, 0.4) is 0 Å². The average Bonchev–Trinajstić information content (AvgIpc) is 2.08. The Bertz CT molecular complexity index is 134. The molecule has 1 aliphatic carbocycles. The molecule has 1 atom stereocenters. The summed E-state index contributed by atoms with van der Waals surface area (Å²) in [7, 11) is 11.6. The molecule has 58 valence electrons. The standard InChI is InChI=1S/C8H15B2N/c1-6(2)11-7-3-4-8(9,10)5-7/h6-7,11H,3-5H2,1-2H3. The van der Waals surface area contributed by atoms with Gasteiger partial charge in [-0.3, -0.25) is 0 Å². The quantitative estimate of drug-likeness (QED) is 0.574. The van der Waals surface area contributed by atoms with Crippen molar-refractivity contribution in [2.45, 2.75) is 50.4 Å². The molecule has 1 N–H and O–H groups in total. The molecule has 0 bridgehead atoms. The topological polar surface area (TPSA) is 12.0 Å². The highest BCUT2D eigenvalue weighted by Crippen LogP contribution is 2.38. The van der Waals surface area contributed by atoms with Crippen LogP contribution in [0.25, 0.3) is 0 Å². The SMILES string of the molecule is [B]C1([B])CCC(NC(C)C)C1. The highest BCUT2D eigenvalue weighted by Gasteiger charge is 2.29. The molecule has 0 spiro atoms. The lowest BCUT2D eigenvalue weighted by molar-refractivity contribution is 0.469. The van der Waals surface area contributed by atoms with Gasteiger partial charge < -0.3 is 5.32 Å². The zero-order valence-electron chi connectivity index (χ0n) is 7.43. The van der Waals surface area contributed by atoms with Gasteiger partial charge in [0.1, 0.15) is 0 Å². The summed E-state index contributed by atoms with van der Waals surface area (Å²) in [5.74, 6) is 0. The van der Waals surface area contributed by atoms with Gasteiger partial charge >= 0.3 is 0 Å².